The molecule has 0 bridgehead atoms. The van der Waals surface area contributed by atoms with E-state index in [0.29, 0.717) is 33.6 Å². The number of anilines is 2. The molecule has 0 radical (unpaired) electrons. The molecular formula is C22H24ClN7O3. The van der Waals surface area contributed by atoms with Crippen LogP contribution in [0.5, 0.6) is 5.75 Å². The molecule has 0 saturated carbocycles. The molecule has 0 aliphatic rings. The Hall–Kier alpha value is -3.92. The van der Waals surface area contributed by atoms with Gasteiger partial charge >= 0.3 is 0 Å². The van der Waals surface area contributed by atoms with Gasteiger partial charge in [-0.1, -0.05) is 23.7 Å². The SMILES string of the molecule is COc1ccc(NC(=O)CC/C(CC(=O)c2ccccc2Cl)=N/Nc2nnc(C)n2N)cc1. The van der Waals surface area contributed by atoms with Crippen molar-refractivity contribution in [2.75, 3.05) is 23.7 Å². The second-order valence-corrected chi connectivity index (χ2v) is 7.49. The third-order valence-electron chi connectivity index (χ3n) is 4.73. The molecule has 1 heterocycles. The molecule has 172 valence electrons. The second kappa shape index (κ2) is 11.1. The van der Waals surface area contributed by atoms with E-state index in [4.69, 9.17) is 22.2 Å². The van der Waals surface area contributed by atoms with Crippen LogP contribution < -0.4 is 21.3 Å². The predicted octanol–water partition coefficient (Wildman–Crippen LogP) is 3.42. The van der Waals surface area contributed by atoms with Gasteiger partial charge in [-0.25, -0.2) is 10.1 Å². The maximum atomic E-state index is 12.8. The lowest BCUT2D eigenvalue weighted by Crippen LogP contribution is -2.18. The Morgan fingerprint density at radius 1 is 1.12 bits per heavy atom. The number of ketones is 1. The Balaban J connectivity index is 1.69. The molecule has 0 unspecified atom stereocenters. The first-order valence-electron chi connectivity index (χ1n) is 10.1. The highest BCUT2D eigenvalue weighted by Crippen LogP contribution is 2.19. The number of hydrogen-bond acceptors (Lipinski definition) is 8. The van der Waals surface area contributed by atoms with Crippen molar-refractivity contribution in [2.45, 2.75) is 26.2 Å². The van der Waals surface area contributed by atoms with Crippen LogP contribution in [0.25, 0.3) is 0 Å². The summed E-state index contributed by atoms with van der Waals surface area (Å²) in [6, 6.07) is 13.7. The number of nitrogens with one attached hydrogen (secondary N) is 2. The second-order valence-electron chi connectivity index (χ2n) is 7.09. The first-order chi connectivity index (χ1) is 15.9. The Bertz CT molecular complexity index is 1160. The summed E-state index contributed by atoms with van der Waals surface area (Å²) < 4.78 is 6.34. The number of aryl methyl sites for hydroxylation is 1. The molecular weight excluding hydrogens is 446 g/mol. The fourth-order valence-corrected chi connectivity index (χ4v) is 3.12. The summed E-state index contributed by atoms with van der Waals surface area (Å²) in [4.78, 5) is 25.2. The molecule has 33 heavy (non-hydrogen) atoms. The standard InChI is InChI=1S/C22H24ClN7O3/c1-14-26-28-22(30(14)24)29-27-16(13-20(31)18-5-3-4-6-19(18)23)9-12-21(32)25-15-7-10-17(33-2)11-8-15/h3-8,10-11H,9,12-13,24H2,1-2H3,(H,25,32)(H,28,29)/b27-16-. The number of carbonyl (C=O) groups excluding carboxylic acids is 2. The van der Waals surface area contributed by atoms with Crippen LogP contribution in [0.4, 0.5) is 11.6 Å². The summed E-state index contributed by atoms with van der Waals surface area (Å²) >= 11 is 6.15. The largest absolute Gasteiger partial charge is 0.497 e. The van der Waals surface area contributed by atoms with Crippen LogP contribution in [-0.2, 0) is 4.79 Å². The number of rotatable bonds is 10. The van der Waals surface area contributed by atoms with Crippen molar-refractivity contribution in [1.82, 2.24) is 14.9 Å². The van der Waals surface area contributed by atoms with Crippen molar-refractivity contribution in [2.24, 2.45) is 5.10 Å². The lowest BCUT2D eigenvalue weighted by atomic mass is 10.0. The average molecular weight is 470 g/mol. The molecule has 0 spiro atoms. The monoisotopic (exact) mass is 469 g/mol. The number of nitrogens with zero attached hydrogens (tertiary/aromatic N) is 4. The van der Waals surface area contributed by atoms with E-state index in [2.05, 4.69) is 26.0 Å². The smallest absolute Gasteiger partial charge is 0.263 e. The molecule has 0 aliphatic carbocycles. The van der Waals surface area contributed by atoms with Crippen molar-refractivity contribution < 1.29 is 14.3 Å². The fourth-order valence-electron chi connectivity index (χ4n) is 2.88. The van der Waals surface area contributed by atoms with Gasteiger partial charge in [-0.2, -0.15) is 5.10 Å². The number of halogens is 1. The number of amides is 1. The minimum absolute atomic E-state index is 0.0375. The number of nitrogens with two attached hydrogens (primary N) is 1. The number of benzene rings is 2. The zero-order chi connectivity index (χ0) is 23.8. The average Bonchev–Trinajstić information content (AvgIpc) is 3.13. The van der Waals surface area contributed by atoms with E-state index in [-0.39, 0.29) is 36.9 Å². The van der Waals surface area contributed by atoms with Crippen LogP contribution in [-0.4, -0.2) is 39.4 Å². The van der Waals surface area contributed by atoms with Crippen molar-refractivity contribution >= 4 is 40.6 Å². The van der Waals surface area contributed by atoms with Crippen LogP contribution >= 0.6 is 11.6 Å². The van der Waals surface area contributed by atoms with Gasteiger partial charge in [0.2, 0.25) is 5.91 Å². The number of nitrogen functional groups attached to an aromatic ring is 1. The molecule has 0 atom stereocenters. The van der Waals surface area contributed by atoms with Crippen LogP contribution in [0, 0.1) is 6.92 Å². The van der Waals surface area contributed by atoms with Gasteiger partial charge in [-0.3, -0.25) is 9.59 Å². The third kappa shape index (κ3) is 6.53. The van der Waals surface area contributed by atoms with Crippen LogP contribution in [0.15, 0.2) is 53.6 Å². The van der Waals surface area contributed by atoms with Gasteiger partial charge < -0.3 is 15.9 Å². The highest BCUT2D eigenvalue weighted by Gasteiger charge is 2.15. The molecule has 3 rings (SSSR count). The van der Waals surface area contributed by atoms with Crippen LogP contribution in [0.1, 0.15) is 35.4 Å². The quantitative estimate of drug-likeness (QED) is 0.179. The van der Waals surface area contributed by atoms with Crippen molar-refractivity contribution in [3.8, 4) is 5.75 Å². The number of hydrazone groups is 1. The molecule has 10 nitrogen and oxygen atoms in total. The fraction of sp³-hybridized carbons (Fsp3) is 0.227. The van der Waals surface area contributed by atoms with E-state index < -0.39 is 0 Å². The first-order valence-corrected chi connectivity index (χ1v) is 10.5. The van der Waals surface area contributed by atoms with Crippen molar-refractivity contribution in [3.63, 3.8) is 0 Å². The number of Topliss-reactive ketones (excluding diaryl/α,β-unsaturated/α-hetero) is 1. The van der Waals surface area contributed by atoms with E-state index in [1.807, 2.05) is 0 Å². The predicted molar refractivity (Wildman–Crippen MR) is 127 cm³/mol. The van der Waals surface area contributed by atoms with Gasteiger partial charge in [0.05, 0.1) is 18.6 Å². The summed E-state index contributed by atoms with van der Waals surface area (Å²) in [5.74, 6) is 6.77. The van der Waals surface area contributed by atoms with Gasteiger partial charge in [-0.15, -0.1) is 10.2 Å². The van der Waals surface area contributed by atoms with E-state index >= 15 is 0 Å². The van der Waals surface area contributed by atoms with Gasteiger partial charge in [0.1, 0.15) is 5.75 Å². The van der Waals surface area contributed by atoms with E-state index in [1.54, 1.807) is 62.6 Å². The van der Waals surface area contributed by atoms with Crippen LogP contribution in [0.2, 0.25) is 5.02 Å². The summed E-state index contributed by atoms with van der Waals surface area (Å²) in [6.07, 6.45) is 0.295. The zero-order valence-electron chi connectivity index (χ0n) is 18.2. The maximum absolute atomic E-state index is 12.8. The summed E-state index contributed by atoms with van der Waals surface area (Å²) in [7, 11) is 1.57. The van der Waals surface area contributed by atoms with Gasteiger partial charge in [-0.05, 0) is 49.7 Å². The zero-order valence-corrected chi connectivity index (χ0v) is 19.0. The molecule has 11 heteroatoms. The van der Waals surface area contributed by atoms with Crippen molar-refractivity contribution in [1.29, 1.82) is 0 Å². The molecule has 0 aliphatic heterocycles. The van der Waals surface area contributed by atoms with E-state index in [1.165, 1.54) is 4.68 Å². The normalized spacial score (nSPS) is 11.2. The minimum atomic E-state index is -0.226. The number of hydrogen-bond donors (Lipinski definition) is 3. The van der Waals surface area contributed by atoms with Crippen LogP contribution in [0.3, 0.4) is 0 Å². The maximum Gasteiger partial charge on any atom is 0.263 e. The molecule has 3 aromatic rings. The van der Waals surface area contributed by atoms with Gasteiger partial charge in [0.25, 0.3) is 5.95 Å². The lowest BCUT2D eigenvalue weighted by molar-refractivity contribution is -0.116. The number of methoxy groups -OCH3 is 1. The Kier molecular flexibility index (Phi) is 7.98. The topological polar surface area (TPSA) is 137 Å². The molecule has 0 fully saturated rings. The highest BCUT2D eigenvalue weighted by molar-refractivity contribution is 6.34. The molecule has 2 aromatic carbocycles. The molecule has 1 aromatic heterocycles. The minimum Gasteiger partial charge on any atom is -0.497 e. The van der Waals surface area contributed by atoms with E-state index in [9.17, 15) is 9.59 Å². The van der Waals surface area contributed by atoms with Crippen molar-refractivity contribution in [3.05, 3.63) is 64.9 Å². The Morgan fingerprint density at radius 2 is 1.85 bits per heavy atom. The summed E-state index contributed by atoms with van der Waals surface area (Å²) in [5.41, 5.74) is 4.17. The first kappa shape index (κ1) is 23.7. The highest BCUT2D eigenvalue weighted by atomic mass is 35.5. The van der Waals surface area contributed by atoms with Gasteiger partial charge in [0.15, 0.2) is 11.6 Å². The summed E-state index contributed by atoms with van der Waals surface area (Å²) in [6.45, 7) is 1.69. The molecule has 1 amide bonds. The third-order valence-corrected chi connectivity index (χ3v) is 5.06. The van der Waals surface area contributed by atoms with E-state index in [0.717, 1.165) is 0 Å². The molecule has 0 saturated heterocycles. The van der Waals surface area contributed by atoms with Gasteiger partial charge in [0, 0.05) is 23.4 Å². The Labute approximate surface area is 195 Å². The Morgan fingerprint density at radius 3 is 2.48 bits per heavy atom. The lowest BCUT2D eigenvalue weighted by Gasteiger charge is -2.09. The summed E-state index contributed by atoms with van der Waals surface area (Å²) in [5, 5.41) is 15.2. The number of carbonyl (C=O) groups is 2. The number of aromatic nitrogens is 3. The number of ether oxygens (including phenoxy) is 1. The molecule has 4 N–H and O–H groups in total.